The maximum absolute atomic E-state index is 10.7. The number of hydrogen-bond acceptors (Lipinski definition) is 5. The van der Waals surface area contributed by atoms with Gasteiger partial charge in [0.2, 0.25) is 0 Å². The maximum atomic E-state index is 10.7. The van der Waals surface area contributed by atoms with E-state index in [0.29, 0.717) is 12.6 Å². The van der Waals surface area contributed by atoms with Gasteiger partial charge in [0.25, 0.3) is 0 Å². The highest BCUT2D eigenvalue weighted by molar-refractivity contribution is 5.87. The Bertz CT molecular complexity index is 670. The smallest absolute Gasteiger partial charge is 0.142 e. The monoisotopic (exact) mass is 299 g/mol. The lowest BCUT2D eigenvalue weighted by atomic mass is 10.0. The third-order valence-corrected chi connectivity index (χ3v) is 5.35. The normalized spacial score (nSPS) is 28.1. The quantitative estimate of drug-likeness (QED) is 0.862. The fourth-order valence-corrected chi connectivity index (χ4v) is 4.25. The molecule has 0 radical (unpaired) electrons. The Kier molecular flexibility index (Phi) is 3.33. The van der Waals surface area contributed by atoms with Crippen LogP contribution < -0.4 is 4.90 Å². The number of hydrogen-bond donors (Lipinski definition) is 1. The van der Waals surface area contributed by atoms with E-state index in [1.54, 1.807) is 6.33 Å². The minimum Gasteiger partial charge on any atom is -0.356 e. The molecule has 116 valence electrons. The lowest BCUT2D eigenvalue weighted by molar-refractivity contribution is -0.108. The predicted molar refractivity (Wildman–Crippen MR) is 84.8 cm³/mol. The Morgan fingerprint density at radius 2 is 2.14 bits per heavy atom. The maximum Gasteiger partial charge on any atom is 0.142 e. The van der Waals surface area contributed by atoms with Gasteiger partial charge in [0, 0.05) is 32.4 Å². The van der Waals surface area contributed by atoms with E-state index in [9.17, 15) is 4.79 Å². The van der Waals surface area contributed by atoms with Crippen LogP contribution in [0.1, 0.15) is 12.8 Å². The molecular formula is C16H21N5O. The van der Waals surface area contributed by atoms with Crippen LogP contribution in [0.2, 0.25) is 0 Å². The van der Waals surface area contributed by atoms with Gasteiger partial charge in [-0.2, -0.15) is 0 Å². The number of carbonyl (C=O) groups excluding carboxylic acids is 1. The molecule has 4 rings (SSSR count). The van der Waals surface area contributed by atoms with Gasteiger partial charge < -0.3 is 14.7 Å². The number of H-pyrrole nitrogens is 1. The van der Waals surface area contributed by atoms with Gasteiger partial charge in [-0.05, 0) is 30.7 Å². The molecule has 22 heavy (non-hydrogen) atoms. The van der Waals surface area contributed by atoms with Crippen molar-refractivity contribution in [1.82, 2.24) is 19.9 Å². The fraction of sp³-hybridized carbons (Fsp3) is 0.562. The molecule has 0 aromatic carbocycles. The minimum absolute atomic E-state index is 0.529. The standard InChI is InChI=1S/C16H21N5O/c1-20(16-14-2-3-17-15(14)18-10-19-16)13-6-11-8-21(4-5-22)9-12(11)7-13/h2-3,5,10-13H,4,6-9H2,1H3,(H,17,18,19). The van der Waals surface area contributed by atoms with Crippen molar-refractivity contribution >= 4 is 23.1 Å². The van der Waals surface area contributed by atoms with Crippen molar-refractivity contribution in [3.05, 3.63) is 18.6 Å². The van der Waals surface area contributed by atoms with Crippen LogP contribution in [-0.2, 0) is 4.79 Å². The SMILES string of the molecule is CN(c1ncnc2[nH]ccc12)C1CC2CN(CC=O)CC2C1. The first-order chi connectivity index (χ1) is 10.8. The van der Waals surface area contributed by atoms with Crippen molar-refractivity contribution in [2.75, 3.05) is 31.6 Å². The van der Waals surface area contributed by atoms with Gasteiger partial charge in [-0.25, -0.2) is 9.97 Å². The van der Waals surface area contributed by atoms with Crippen molar-refractivity contribution < 1.29 is 4.79 Å². The van der Waals surface area contributed by atoms with E-state index in [2.05, 4.69) is 31.8 Å². The van der Waals surface area contributed by atoms with Crippen LogP contribution in [0.25, 0.3) is 11.0 Å². The van der Waals surface area contributed by atoms with Crippen molar-refractivity contribution in [1.29, 1.82) is 0 Å². The Balaban J connectivity index is 1.50. The van der Waals surface area contributed by atoms with Crippen LogP contribution in [0.4, 0.5) is 5.82 Å². The van der Waals surface area contributed by atoms with Crippen molar-refractivity contribution in [3.63, 3.8) is 0 Å². The van der Waals surface area contributed by atoms with Crippen LogP contribution in [-0.4, -0.2) is 58.9 Å². The number of rotatable bonds is 4. The number of fused-ring (bicyclic) bond motifs is 2. The van der Waals surface area contributed by atoms with Crippen molar-refractivity contribution in [3.8, 4) is 0 Å². The summed E-state index contributed by atoms with van der Waals surface area (Å²) in [5, 5.41) is 1.09. The van der Waals surface area contributed by atoms with Crippen LogP contribution in [0, 0.1) is 11.8 Å². The summed E-state index contributed by atoms with van der Waals surface area (Å²) in [6, 6.07) is 2.57. The Labute approximate surface area is 129 Å². The van der Waals surface area contributed by atoms with E-state index in [1.165, 1.54) is 12.8 Å². The highest BCUT2D eigenvalue weighted by Gasteiger charge is 2.42. The van der Waals surface area contributed by atoms with Gasteiger partial charge in [-0.1, -0.05) is 0 Å². The summed E-state index contributed by atoms with van der Waals surface area (Å²) in [4.78, 5) is 27.2. The topological polar surface area (TPSA) is 65.1 Å². The van der Waals surface area contributed by atoms with Crippen LogP contribution in [0.15, 0.2) is 18.6 Å². The van der Waals surface area contributed by atoms with E-state index >= 15 is 0 Å². The summed E-state index contributed by atoms with van der Waals surface area (Å²) in [5.74, 6) is 2.45. The van der Waals surface area contributed by atoms with Crippen LogP contribution in [0.5, 0.6) is 0 Å². The van der Waals surface area contributed by atoms with Gasteiger partial charge in [-0.3, -0.25) is 4.90 Å². The average Bonchev–Trinajstić information content (AvgIpc) is 3.19. The molecule has 2 aromatic rings. The van der Waals surface area contributed by atoms with E-state index in [-0.39, 0.29) is 0 Å². The number of likely N-dealkylation sites (tertiary alicyclic amines) is 1. The number of aromatic amines is 1. The molecule has 6 heteroatoms. The summed E-state index contributed by atoms with van der Waals surface area (Å²) in [7, 11) is 2.14. The lowest BCUT2D eigenvalue weighted by Crippen LogP contribution is -2.33. The number of carbonyl (C=O) groups is 1. The fourth-order valence-electron chi connectivity index (χ4n) is 4.25. The van der Waals surface area contributed by atoms with Gasteiger partial charge in [0.1, 0.15) is 24.1 Å². The third-order valence-electron chi connectivity index (χ3n) is 5.35. The van der Waals surface area contributed by atoms with E-state index in [0.717, 1.165) is 48.1 Å². The van der Waals surface area contributed by atoms with Crippen molar-refractivity contribution in [2.24, 2.45) is 11.8 Å². The molecule has 1 aliphatic carbocycles. The summed E-state index contributed by atoms with van der Waals surface area (Å²) in [6.07, 6.45) is 6.94. The first-order valence-electron chi connectivity index (χ1n) is 7.93. The Morgan fingerprint density at radius 1 is 1.36 bits per heavy atom. The molecule has 0 amide bonds. The molecule has 2 fully saturated rings. The second-order valence-electron chi connectivity index (χ2n) is 6.58. The highest BCUT2D eigenvalue weighted by atomic mass is 16.1. The highest BCUT2D eigenvalue weighted by Crippen LogP contribution is 2.41. The van der Waals surface area contributed by atoms with Gasteiger partial charge in [0.05, 0.1) is 11.9 Å². The summed E-state index contributed by atoms with van der Waals surface area (Å²) in [6.45, 7) is 2.72. The molecule has 2 aromatic heterocycles. The molecule has 1 aliphatic heterocycles. The molecule has 2 atom stereocenters. The third kappa shape index (κ3) is 2.18. The number of aromatic nitrogens is 3. The number of nitrogens with zero attached hydrogens (tertiary/aromatic N) is 4. The van der Waals surface area contributed by atoms with Gasteiger partial charge in [-0.15, -0.1) is 0 Å². The van der Waals surface area contributed by atoms with Gasteiger partial charge in [0.15, 0.2) is 0 Å². The first kappa shape index (κ1) is 13.7. The van der Waals surface area contributed by atoms with Crippen molar-refractivity contribution in [2.45, 2.75) is 18.9 Å². The second-order valence-corrected chi connectivity index (χ2v) is 6.58. The molecule has 0 spiro atoms. The molecule has 1 saturated heterocycles. The zero-order chi connectivity index (χ0) is 15.1. The van der Waals surface area contributed by atoms with E-state index < -0.39 is 0 Å². The zero-order valence-corrected chi connectivity index (χ0v) is 12.8. The van der Waals surface area contributed by atoms with Crippen LogP contribution >= 0.6 is 0 Å². The molecule has 2 aliphatic rings. The first-order valence-corrected chi connectivity index (χ1v) is 7.93. The van der Waals surface area contributed by atoms with E-state index in [1.807, 2.05) is 12.3 Å². The molecule has 3 heterocycles. The summed E-state index contributed by atoms with van der Waals surface area (Å²) >= 11 is 0. The molecule has 1 saturated carbocycles. The lowest BCUT2D eigenvalue weighted by Gasteiger charge is -2.27. The summed E-state index contributed by atoms with van der Waals surface area (Å²) < 4.78 is 0. The minimum atomic E-state index is 0.529. The molecule has 6 nitrogen and oxygen atoms in total. The molecule has 1 N–H and O–H groups in total. The van der Waals surface area contributed by atoms with E-state index in [4.69, 9.17) is 0 Å². The average molecular weight is 299 g/mol. The second kappa shape index (κ2) is 5.35. The van der Waals surface area contributed by atoms with Crippen LogP contribution in [0.3, 0.4) is 0 Å². The van der Waals surface area contributed by atoms with Gasteiger partial charge >= 0.3 is 0 Å². The molecular weight excluding hydrogens is 278 g/mol. The Hall–Kier alpha value is -1.95. The zero-order valence-electron chi connectivity index (χ0n) is 12.8. The number of anilines is 1. The number of aldehydes is 1. The largest absolute Gasteiger partial charge is 0.356 e. The number of nitrogens with one attached hydrogen (secondary N) is 1. The predicted octanol–water partition coefficient (Wildman–Crippen LogP) is 1.30. The summed E-state index contributed by atoms with van der Waals surface area (Å²) in [5.41, 5.74) is 0.896. The molecule has 0 bridgehead atoms. The Morgan fingerprint density at radius 3 is 2.86 bits per heavy atom. The molecule has 2 unspecified atom stereocenters.